The lowest BCUT2D eigenvalue weighted by molar-refractivity contribution is -0.131. The Bertz CT molecular complexity index is 284. The van der Waals surface area contributed by atoms with E-state index < -0.39 is 0 Å². The summed E-state index contributed by atoms with van der Waals surface area (Å²) in [6.07, 6.45) is 4.27. The molecule has 0 aromatic carbocycles. The Morgan fingerprint density at radius 1 is 1.29 bits per heavy atom. The van der Waals surface area contributed by atoms with Crippen LogP contribution in [0.2, 0.25) is 0 Å². The molecule has 1 N–H and O–H groups in total. The van der Waals surface area contributed by atoms with Gasteiger partial charge in [0.25, 0.3) is 0 Å². The maximum absolute atomic E-state index is 12.0. The third-order valence-corrected chi connectivity index (χ3v) is 4.25. The van der Waals surface area contributed by atoms with E-state index in [4.69, 9.17) is 0 Å². The van der Waals surface area contributed by atoms with Crippen molar-refractivity contribution in [1.29, 1.82) is 0 Å². The number of carbonyl (C=O) groups is 1. The minimum Gasteiger partial charge on any atom is -0.343 e. The van der Waals surface area contributed by atoms with Crippen molar-refractivity contribution in [3.05, 3.63) is 0 Å². The van der Waals surface area contributed by atoms with Crippen LogP contribution < -0.4 is 5.32 Å². The highest BCUT2D eigenvalue weighted by molar-refractivity contribution is 5.76. The third kappa shape index (κ3) is 7.28. The van der Waals surface area contributed by atoms with Gasteiger partial charge in [-0.05, 0) is 52.1 Å². The summed E-state index contributed by atoms with van der Waals surface area (Å²) in [6.45, 7) is 14.8. The smallest absolute Gasteiger partial charge is 0.222 e. The normalized spacial score (nSPS) is 18.7. The zero-order valence-electron chi connectivity index (χ0n) is 14.5. The van der Waals surface area contributed by atoms with E-state index >= 15 is 0 Å². The number of nitrogens with zero attached hydrogens (tertiary/aromatic N) is 2. The molecule has 1 heterocycles. The van der Waals surface area contributed by atoms with Gasteiger partial charge < -0.3 is 15.1 Å². The summed E-state index contributed by atoms with van der Waals surface area (Å²) in [7, 11) is 0. The standard InChI is InChI=1S/C17H35N3O/c1-5-20(6-2)17(21)10-8-12-19(13-15(3)4)14-16-9-7-11-18-16/h15-16,18H,5-14H2,1-4H3. The molecular weight excluding hydrogens is 262 g/mol. The molecule has 0 aromatic rings. The molecule has 0 bridgehead atoms. The van der Waals surface area contributed by atoms with Gasteiger partial charge in [0.1, 0.15) is 0 Å². The Morgan fingerprint density at radius 2 is 2.00 bits per heavy atom. The van der Waals surface area contributed by atoms with Crippen LogP contribution in [0, 0.1) is 5.92 Å². The molecule has 1 saturated heterocycles. The van der Waals surface area contributed by atoms with Crippen molar-refractivity contribution in [2.75, 3.05) is 39.3 Å². The molecule has 1 amide bonds. The fourth-order valence-corrected chi connectivity index (χ4v) is 3.19. The summed E-state index contributed by atoms with van der Waals surface area (Å²) in [5, 5.41) is 3.58. The van der Waals surface area contributed by atoms with Gasteiger partial charge in [-0.2, -0.15) is 0 Å². The van der Waals surface area contributed by atoms with E-state index in [-0.39, 0.29) is 0 Å². The van der Waals surface area contributed by atoms with Crippen molar-refractivity contribution >= 4 is 5.91 Å². The number of rotatable bonds is 10. The highest BCUT2D eigenvalue weighted by Crippen LogP contribution is 2.10. The molecule has 1 unspecified atom stereocenters. The number of carbonyl (C=O) groups excluding carboxylic acids is 1. The Balaban J connectivity index is 2.32. The topological polar surface area (TPSA) is 35.6 Å². The number of hydrogen-bond donors (Lipinski definition) is 1. The van der Waals surface area contributed by atoms with E-state index in [0.717, 1.165) is 39.1 Å². The van der Waals surface area contributed by atoms with Gasteiger partial charge in [-0.3, -0.25) is 4.79 Å². The molecule has 4 heteroatoms. The van der Waals surface area contributed by atoms with Crippen LogP contribution in [0.1, 0.15) is 53.4 Å². The van der Waals surface area contributed by atoms with Gasteiger partial charge in [0, 0.05) is 38.6 Å². The van der Waals surface area contributed by atoms with Crippen LogP contribution in [0.15, 0.2) is 0 Å². The molecule has 1 atom stereocenters. The summed E-state index contributed by atoms with van der Waals surface area (Å²) in [5.74, 6) is 0.994. The molecule has 0 radical (unpaired) electrons. The average Bonchev–Trinajstić information content (AvgIpc) is 2.92. The number of hydrogen-bond acceptors (Lipinski definition) is 3. The minimum absolute atomic E-state index is 0.309. The predicted molar refractivity (Wildman–Crippen MR) is 89.5 cm³/mol. The maximum atomic E-state index is 12.0. The molecule has 1 rings (SSSR count). The maximum Gasteiger partial charge on any atom is 0.222 e. The molecule has 1 fully saturated rings. The summed E-state index contributed by atoms with van der Waals surface area (Å²) < 4.78 is 0. The second-order valence-electron chi connectivity index (χ2n) is 6.62. The first-order chi connectivity index (χ1) is 10.1. The summed E-state index contributed by atoms with van der Waals surface area (Å²) in [4.78, 5) is 16.5. The first-order valence-corrected chi connectivity index (χ1v) is 8.80. The van der Waals surface area contributed by atoms with Gasteiger partial charge in [0.15, 0.2) is 0 Å². The van der Waals surface area contributed by atoms with E-state index in [1.165, 1.54) is 19.4 Å². The van der Waals surface area contributed by atoms with E-state index in [1.54, 1.807) is 0 Å². The molecular formula is C17H35N3O. The molecule has 124 valence electrons. The van der Waals surface area contributed by atoms with Crippen molar-refractivity contribution in [1.82, 2.24) is 15.1 Å². The van der Waals surface area contributed by atoms with Crippen molar-refractivity contribution in [3.8, 4) is 0 Å². The monoisotopic (exact) mass is 297 g/mol. The number of amides is 1. The van der Waals surface area contributed by atoms with Crippen LogP contribution in [-0.4, -0.2) is 61.0 Å². The summed E-state index contributed by atoms with van der Waals surface area (Å²) >= 11 is 0. The van der Waals surface area contributed by atoms with Crippen molar-refractivity contribution < 1.29 is 4.79 Å². The molecule has 4 nitrogen and oxygen atoms in total. The second kappa shape index (κ2) is 10.2. The fourth-order valence-electron chi connectivity index (χ4n) is 3.19. The zero-order chi connectivity index (χ0) is 15.7. The van der Waals surface area contributed by atoms with Crippen molar-refractivity contribution in [2.24, 2.45) is 5.92 Å². The second-order valence-corrected chi connectivity index (χ2v) is 6.62. The van der Waals surface area contributed by atoms with Crippen LogP contribution in [0.25, 0.3) is 0 Å². The van der Waals surface area contributed by atoms with Gasteiger partial charge >= 0.3 is 0 Å². The fraction of sp³-hybridized carbons (Fsp3) is 0.941. The lowest BCUT2D eigenvalue weighted by Crippen LogP contribution is -2.40. The Morgan fingerprint density at radius 3 is 2.52 bits per heavy atom. The highest BCUT2D eigenvalue weighted by Gasteiger charge is 2.19. The van der Waals surface area contributed by atoms with Crippen LogP contribution in [0.3, 0.4) is 0 Å². The zero-order valence-corrected chi connectivity index (χ0v) is 14.5. The predicted octanol–water partition coefficient (Wildman–Crippen LogP) is 2.34. The molecule has 21 heavy (non-hydrogen) atoms. The van der Waals surface area contributed by atoms with E-state index in [1.807, 2.05) is 4.90 Å². The van der Waals surface area contributed by atoms with Crippen LogP contribution in [0.4, 0.5) is 0 Å². The quantitative estimate of drug-likeness (QED) is 0.672. The Hall–Kier alpha value is -0.610. The number of nitrogens with one attached hydrogen (secondary N) is 1. The Kier molecular flexibility index (Phi) is 8.93. The Labute approximate surface area is 131 Å². The first-order valence-electron chi connectivity index (χ1n) is 8.80. The van der Waals surface area contributed by atoms with Gasteiger partial charge in [0.2, 0.25) is 5.91 Å². The van der Waals surface area contributed by atoms with Crippen molar-refractivity contribution in [3.63, 3.8) is 0 Å². The first kappa shape index (κ1) is 18.4. The van der Waals surface area contributed by atoms with E-state index in [9.17, 15) is 4.79 Å². The molecule has 0 aliphatic carbocycles. The van der Waals surface area contributed by atoms with Crippen LogP contribution in [0.5, 0.6) is 0 Å². The van der Waals surface area contributed by atoms with Crippen LogP contribution in [-0.2, 0) is 4.79 Å². The minimum atomic E-state index is 0.309. The summed E-state index contributed by atoms with van der Waals surface area (Å²) in [6, 6.07) is 0.655. The lowest BCUT2D eigenvalue weighted by atomic mass is 10.1. The third-order valence-electron chi connectivity index (χ3n) is 4.25. The highest BCUT2D eigenvalue weighted by atomic mass is 16.2. The van der Waals surface area contributed by atoms with Gasteiger partial charge in [-0.1, -0.05) is 13.8 Å². The van der Waals surface area contributed by atoms with Gasteiger partial charge in [-0.25, -0.2) is 0 Å². The lowest BCUT2D eigenvalue weighted by Gasteiger charge is -2.27. The van der Waals surface area contributed by atoms with Crippen molar-refractivity contribution in [2.45, 2.75) is 59.4 Å². The molecule has 1 aliphatic heterocycles. The van der Waals surface area contributed by atoms with Gasteiger partial charge in [-0.15, -0.1) is 0 Å². The molecule has 0 spiro atoms. The van der Waals surface area contributed by atoms with E-state index in [2.05, 4.69) is 37.9 Å². The molecule has 1 aliphatic rings. The molecule has 0 aromatic heterocycles. The average molecular weight is 297 g/mol. The summed E-state index contributed by atoms with van der Waals surface area (Å²) in [5.41, 5.74) is 0. The van der Waals surface area contributed by atoms with Gasteiger partial charge in [0.05, 0.1) is 0 Å². The van der Waals surface area contributed by atoms with Crippen LogP contribution >= 0.6 is 0 Å². The molecule has 0 saturated carbocycles. The SMILES string of the molecule is CCN(CC)C(=O)CCCN(CC(C)C)CC1CCCN1. The largest absolute Gasteiger partial charge is 0.343 e. The van der Waals surface area contributed by atoms with E-state index in [0.29, 0.717) is 24.3 Å².